The lowest BCUT2D eigenvalue weighted by Crippen LogP contribution is -2.07. The van der Waals surface area contributed by atoms with E-state index in [1.54, 1.807) is 18.5 Å². The minimum absolute atomic E-state index is 0.0611. The Kier molecular flexibility index (Phi) is 6.41. The molecular formula is C26H18F6N2. The van der Waals surface area contributed by atoms with Gasteiger partial charge in [0.1, 0.15) is 17.5 Å². The highest BCUT2D eigenvalue weighted by Gasteiger charge is 2.34. The molecule has 8 heteroatoms. The Balaban J connectivity index is 1.62. The molecule has 174 valence electrons. The SMILES string of the molecule is CCCc1cnc(-c2ccc(-c3ccc(-c4ccc(C(F)(F)F)c(F)c4)c(F)c3)c(F)c2)nc1. The van der Waals surface area contributed by atoms with Crippen LogP contribution in [-0.4, -0.2) is 9.97 Å². The molecule has 1 heterocycles. The van der Waals surface area contributed by atoms with Crippen molar-refractivity contribution in [1.29, 1.82) is 0 Å². The van der Waals surface area contributed by atoms with Gasteiger partial charge in [-0.25, -0.2) is 23.1 Å². The van der Waals surface area contributed by atoms with Crippen LogP contribution in [0, 0.1) is 17.5 Å². The molecule has 0 aliphatic rings. The maximum absolute atomic E-state index is 14.9. The van der Waals surface area contributed by atoms with Crippen molar-refractivity contribution in [2.45, 2.75) is 25.9 Å². The summed E-state index contributed by atoms with van der Waals surface area (Å²) in [7, 11) is 0. The third-order valence-electron chi connectivity index (χ3n) is 5.34. The van der Waals surface area contributed by atoms with Crippen LogP contribution in [0.4, 0.5) is 26.3 Å². The van der Waals surface area contributed by atoms with Gasteiger partial charge in [-0.2, -0.15) is 13.2 Å². The number of rotatable bonds is 5. The molecule has 1 aromatic heterocycles. The molecule has 0 fully saturated rings. The van der Waals surface area contributed by atoms with Crippen molar-refractivity contribution in [2.24, 2.45) is 0 Å². The largest absolute Gasteiger partial charge is 0.419 e. The fourth-order valence-electron chi connectivity index (χ4n) is 3.64. The maximum Gasteiger partial charge on any atom is 0.419 e. The summed E-state index contributed by atoms with van der Waals surface area (Å²) in [6.07, 6.45) is 0.326. The van der Waals surface area contributed by atoms with Crippen LogP contribution in [0.15, 0.2) is 67.0 Å². The molecule has 34 heavy (non-hydrogen) atoms. The Hall–Kier alpha value is -3.68. The first-order valence-corrected chi connectivity index (χ1v) is 10.4. The summed E-state index contributed by atoms with van der Waals surface area (Å²) in [5, 5.41) is 0. The normalized spacial score (nSPS) is 11.6. The molecule has 0 spiro atoms. The first-order chi connectivity index (χ1) is 16.2. The molecule has 0 N–H and O–H groups in total. The van der Waals surface area contributed by atoms with Crippen molar-refractivity contribution in [3.8, 4) is 33.6 Å². The van der Waals surface area contributed by atoms with Crippen LogP contribution in [0.25, 0.3) is 33.6 Å². The lowest BCUT2D eigenvalue weighted by atomic mass is 9.97. The molecule has 0 radical (unpaired) electrons. The maximum atomic E-state index is 14.9. The molecule has 4 aromatic rings. The zero-order valence-corrected chi connectivity index (χ0v) is 17.9. The number of nitrogens with zero attached hydrogens (tertiary/aromatic N) is 2. The zero-order chi connectivity index (χ0) is 24.5. The summed E-state index contributed by atoms with van der Waals surface area (Å²) >= 11 is 0. The van der Waals surface area contributed by atoms with Gasteiger partial charge in [-0.05, 0) is 47.4 Å². The first-order valence-electron chi connectivity index (χ1n) is 10.4. The van der Waals surface area contributed by atoms with E-state index >= 15 is 0 Å². The van der Waals surface area contributed by atoms with Crippen molar-refractivity contribution in [3.63, 3.8) is 0 Å². The third kappa shape index (κ3) is 4.81. The summed E-state index contributed by atoms with van der Waals surface area (Å²) in [4.78, 5) is 8.52. The molecule has 0 aliphatic heterocycles. The van der Waals surface area contributed by atoms with Crippen LogP contribution >= 0.6 is 0 Å². The second kappa shape index (κ2) is 9.29. The molecule has 0 bridgehead atoms. The number of halogens is 6. The average Bonchev–Trinajstić information content (AvgIpc) is 2.79. The molecule has 0 aliphatic carbocycles. The number of hydrogen-bond acceptors (Lipinski definition) is 2. The topological polar surface area (TPSA) is 25.8 Å². The van der Waals surface area contributed by atoms with Crippen LogP contribution in [0.5, 0.6) is 0 Å². The van der Waals surface area contributed by atoms with E-state index in [1.165, 1.54) is 24.3 Å². The molecular weight excluding hydrogens is 454 g/mol. The second-order valence-corrected chi connectivity index (χ2v) is 7.75. The van der Waals surface area contributed by atoms with Crippen molar-refractivity contribution in [3.05, 3.63) is 95.6 Å². The van der Waals surface area contributed by atoms with E-state index < -0.39 is 29.2 Å². The summed E-state index contributed by atoms with van der Waals surface area (Å²) in [6.45, 7) is 2.04. The van der Waals surface area contributed by atoms with Crippen LogP contribution in [-0.2, 0) is 12.6 Å². The van der Waals surface area contributed by atoms with E-state index in [0.29, 0.717) is 23.5 Å². The van der Waals surface area contributed by atoms with Crippen LogP contribution in [0.1, 0.15) is 24.5 Å². The second-order valence-electron chi connectivity index (χ2n) is 7.75. The van der Waals surface area contributed by atoms with Gasteiger partial charge >= 0.3 is 6.18 Å². The highest BCUT2D eigenvalue weighted by atomic mass is 19.4. The van der Waals surface area contributed by atoms with Crippen LogP contribution in [0.3, 0.4) is 0 Å². The van der Waals surface area contributed by atoms with Gasteiger partial charge < -0.3 is 0 Å². The van der Waals surface area contributed by atoms with E-state index in [0.717, 1.165) is 30.5 Å². The zero-order valence-electron chi connectivity index (χ0n) is 17.9. The Labute approximate surface area is 191 Å². The minimum Gasteiger partial charge on any atom is -0.236 e. The molecule has 0 saturated heterocycles. The number of benzene rings is 3. The van der Waals surface area contributed by atoms with E-state index in [1.807, 2.05) is 6.92 Å². The van der Waals surface area contributed by atoms with Crippen LogP contribution in [0.2, 0.25) is 0 Å². The van der Waals surface area contributed by atoms with Crippen LogP contribution < -0.4 is 0 Å². The standard InChI is InChI=1S/C26H18F6N2/c1-2-3-15-13-33-25(34-14-15)18-5-8-20(23(28)12-18)16-4-7-19(22(27)10-16)17-6-9-21(24(29)11-17)26(30,31)32/h4-14H,2-3H2,1H3. The van der Waals surface area contributed by atoms with Crippen molar-refractivity contribution < 1.29 is 26.3 Å². The predicted molar refractivity (Wildman–Crippen MR) is 117 cm³/mol. The molecule has 0 atom stereocenters. The number of aromatic nitrogens is 2. The lowest BCUT2D eigenvalue weighted by Gasteiger charge is -2.11. The number of hydrogen-bond donors (Lipinski definition) is 0. The first kappa shape index (κ1) is 23.5. The summed E-state index contributed by atoms with van der Waals surface area (Å²) < 4.78 is 81.8. The molecule has 2 nitrogen and oxygen atoms in total. The smallest absolute Gasteiger partial charge is 0.236 e. The third-order valence-corrected chi connectivity index (χ3v) is 5.34. The molecule has 0 unspecified atom stereocenters. The average molecular weight is 472 g/mol. The van der Waals surface area contributed by atoms with Crippen molar-refractivity contribution in [1.82, 2.24) is 9.97 Å². The summed E-state index contributed by atoms with van der Waals surface area (Å²) in [5.41, 5.74) is 0.184. The van der Waals surface area contributed by atoms with Crippen molar-refractivity contribution >= 4 is 0 Å². The van der Waals surface area contributed by atoms with E-state index in [4.69, 9.17) is 0 Å². The molecule has 0 amide bonds. The Morgan fingerprint density at radius 3 is 1.68 bits per heavy atom. The molecule has 4 rings (SSSR count). The molecule has 0 saturated carbocycles. The minimum atomic E-state index is -4.85. The Morgan fingerprint density at radius 1 is 0.676 bits per heavy atom. The Bertz CT molecular complexity index is 1330. The summed E-state index contributed by atoms with van der Waals surface area (Å²) in [6, 6.07) is 10.3. The van der Waals surface area contributed by atoms with Gasteiger partial charge in [-0.1, -0.05) is 43.7 Å². The van der Waals surface area contributed by atoms with Gasteiger partial charge in [0, 0.05) is 29.1 Å². The monoisotopic (exact) mass is 472 g/mol. The van der Waals surface area contributed by atoms with E-state index in [-0.39, 0.29) is 22.3 Å². The highest BCUT2D eigenvalue weighted by molar-refractivity contribution is 5.73. The molecule has 3 aromatic carbocycles. The van der Waals surface area contributed by atoms with Gasteiger partial charge in [0.25, 0.3) is 0 Å². The van der Waals surface area contributed by atoms with Crippen molar-refractivity contribution in [2.75, 3.05) is 0 Å². The number of aryl methyl sites for hydroxylation is 1. The van der Waals surface area contributed by atoms with Gasteiger partial charge in [0.2, 0.25) is 0 Å². The summed E-state index contributed by atoms with van der Waals surface area (Å²) in [5.74, 6) is -2.59. The quantitative estimate of drug-likeness (QED) is 0.276. The van der Waals surface area contributed by atoms with E-state index in [2.05, 4.69) is 9.97 Å². The van der Waals surface area contributed by atoms with E-state index in [9.17, 15) is 26.3 Å². The van der Waals surface area contributed by atoms with Gasteiger partial charge in [0.15, 0.2) is 5.82 Å². The number of alkyl halides is 3. The highest BCUT2D eigenvalue weighted by Crippen LogP contribution is 2.35. The van der Waals surface area contributed by atoms with Gasteiger partial charge in [-0.15, -0.1) is 0 Å². The predicted octanol–water partition coefficient (Wildman–Crippen LogP) is 7.87. The fraction of sp³-hybridized carbons (Fsp3) is 0.154. The lowest BCUT2D eigenvalue weighted by molar-refractivity contribution is -0.139. The fourth-order valence-corrected chi connectivity index (χ4v) is 3.64. The van der Waals surface area contributed by atoms with Gasteiger partial charge in [0.05, 0.1) is 5.56 Å². The van der Waals surface area contributed by atoms with Gasteiger partial charge in [-0.3, -0.25) is 0 Å². The Morgan fingerprint density at radius 2 is 1.18 bits per heavy atom.